The Balaban J connectivity index is 1.29. The molecule has 0 aromatic heterocycles. The molecule has 0 unspecified atom stereocenters. The Morgan fingerprint density at radius 2 is 1.50 bits per heavy atom. The summed E-state index contributed by atoms with van der Waals surface area (Å²) in [4.78, 5) is 27.4. The summed E-state index contributed by atoms with van der Waals surface area (Å²) in [5.41, 5.74) is 6.90. The minimum absolute atomic E-state index is 0.0745. The van der Waals surface area contributed by atoms with E-state index in [0.29, 0.717) is 5.69 Å². The van der Waals surface area contributed by atoms with Crippen LogP contribution in [0.1, 0.15) is 17.5 Å². The van der Waals surface area contributed by atoms with Gasteiger partial charge in [-0.1, -0.05) is 66.7 Å². The third kappa shape index (κ3) is 4.37. The van der Waals surface area contributed by atoms with Gasteiger partial charge in [-0.05, 0) is 77.6 Å². The molecule has 4 aromatic carbocycles. The third-order valence-electron chi connectivity index (χ3n) is 6.90. The number of anilines is 3. The Morgan fingerprint density at radius 3 is 2.21 bits per heavy atom. The third-order valence-corrected chi connectivity index (χ3v) is 6.90. The number of aryl methyl sites for hydroxylation is 1. The van der Waals surface area contributed by atoms with Crippen LogP contribution in [0.2, 0.25) is 0 Å². The SMILES string of the molecule is O=C(O)C1=NN(c2ccccc2)C(=O)/C1=C\c1ccc2c(c1)CCCN2c1ccc(-c2ccccc2)cc1. The lowest BCUT2D eigenvalue weighted by Crippen LogP contribution is -2.24. The van der Waals surface area contributed by atoms with E-state index in [2.05, 4.69) is 52.5 Å². The maximum atomic E-state index is 13.2. The van der Waals surface area contributed by atoms with Gasteiger partial charge in [0.15, 0.2) is 5.71 Å². The maximum absolute atomic E-state index is 13.2. The first-order valence-corrected chi connectivity index (χ1v) is 12.6. The van der Waals surface area contributed by atoms with Gasteiger partial charge in [-0.25, -0.2) is 4.79 Å². The van der Waals surface area contributed by atoms with Crippen molar-refractivity contribution in [2.45, 2.75) is 12.8 Å². The molecule has 2 heterocycles. The molecule has 4 aromatic rings. The van der Waals surface area contributed by atoms with Gasteiger partial charge in [-0.2, -0.15) is 10.1 Å². The minimum atomic E-state index is -1.23. The standard InChI is InChI=1S/C32H25N3O3/c36-31-28(30(32(37)38)33-35(31)27-11-5-2-6-12-27)21-22-13-18-29-25(20-22)10-7-19-34(29)26-16-14-24(15-17-26)23-8-3-1-4-9-23/h1-6,8-9,11-18,20-21H,7,10,19H2,(H,37,38)/b28-21-. The molecule has 0 saturated heterocycles. The number of hydrogen-bond acceptors (Lipinski definition) is 4. The lowest BCUT2D eigenvalue weighted by molar-refractivity contribution is -0.129. The van der Waals surface area contributed by atoms with E-state index in [1.807, 2.05) is 36.4 Å². The zero-order valence-electron chi connectivity index (χ0n) is 20.6. The highest BCUT2D eigenvalue weighted by Crippen LogP contribution is 2.36. The Kier molecular flexibility index (Phi) is 6.06. The predicted octanol–water partition coefficient (Wildman–Crippen LogP) is 6.31. The number of carboxylic acids is 1. The van der Waals surface area contributed by atoms with Crippen LogP contribution < -0.4 is 9.91 Å². The molecular formula is C32H25N3O3. The van der Waals surface area contributed by atoms with Crippen LogP contribution in [0.3, 0.4) is 0 Å². The normalized spacial score (nSPS) is 15.9. The van der Waals surface area contributed by atoms with Crippen LogP contribution in [-0.4, -0.2) is 29.2 Å². The van der Waals surface area contributed by atoms with E-state index in [4.69, 9.17) is 0 Å². The van der Waals surface area contributed by atoms with Gasteiger partial charge in [0, 0.05) is 17.9 Å². The van der Waals surface area contributed by atoms with Crippen LogP contribution in [-0.2, 0) is 16.0 Å². The number of carboxylic acid groups (broad SMARTS) is 1. The van der Waals surface area contributed by atoms with Crippen LogP contribution in [0.15, 0.2) is 114 Å². The number of aliphatic carboxylic acids is 1. The topological polar surface area (TPSA) is 73.2 Å². The largest absolute Gasteiger partial charge is 0.476 e. The summed E-state index contributed by atoms with van der Waals surface area (Å²) < 4.78 is 0. The summed E-state index contributed by atoms with van der Waals surface area (Å²) in [6.45, 7) is 0.915. The van der Waals surface area contributed by atoms with Crippen molar-refractivity contribution in [2.75, 3.05) is 16.5 Å². The van der Waals surface area contributed by atoms with E-state index in [-0.39, 0.29) is 11.3 Å². The number of nitrogens with zero attached hydrogens (tertiary/aromatic N) is 3. The number of amides is 1. The number of hydrazone groups is 1. The number of hydrogen-bond donors (Lipinski definition) is 1. The van der Waals surface area contributed by atoms with Crippen molar-refractivity contribution < 1.29 is 14.7 Å². The van der Waals surface area contributed by atoms with Crippen molar-refractivity contribution in [1.82, 2.24) is 0 Å². The molecule has 0 radical (unpaired) electrons. The quantitative estimate of drug-likeness (QED) is 0.327. The molecule has 0 saturated carbocycles. The molecule has 38 heavy (non-hydrogen) atoms. The molecule has 2 aliphatic heterocycles. The first-order valence-electron chi connectivity index (χ1n) is 12.6. The van der Waals surface area contributed by atoms with Crippen LogP contribution in [0.25, 0.3) is 17.2 Å². The number of fused-ring (bicyclic) bond motifs is 1. The zero-order chi connectivity index (χ0) is 26.1. The molecule has 1 N–H and O–H groups in total. The molecule has 6 heteroatoms. The predicted molar refractivity (Wildman–Crippen MR) is 151 cm³/mol. The van der Waals surface area contributed by atoms with Crippen molar-refractivity contribution in [3.8, 4) is 11.1 Å². The average molecular weight is 500 g/mol. The second-order valence-electron chi connectivity index (χ2n) is 9.32. The highest BCUT2D eigenvalue weighted by atomic mass is 16.4. The summed E-state index contributed by atoms with van der Waals surface area (Å²) in [5.74, 6) is -1.68. The second-order valence-corrected chi connectivity index (χ2v) is 9.32. The van der Waals surface area contributed by atoms with Crippen molar-refractivity contribution in [2.24, 2.45) is 5.10 Å². The molecule has 6 nitrogen and oxygen atoms in total. The summed E-state index contributed by atoms with van der Waals surface area (Å²) >= 11 is 0. The number of carbonyl (C=O) groups is 2. The monoisotopic (exact) mass is 499 g/mol. The summed E-state index contributed by atoms with van der Waals surface area (Å²) in [6, 6.07) is 33.8. The van der Waals surface area contributed by atoms with E-state index < -0.39 is 11.9 Å². The van der Waals surface area contributed by atoms with Gasteiger partial charge in [0.1, 0.15) is 0 Å². The molecule has 0 atom stereocenters. The average Bonchev–Trinajstić information content (AvgIpc) is 3.29. The molecule has 1 amide bonds. The molecule has 0 aliphatic carbocycles. The number of rotatable bonds is 5. The van der Waals surface area contributed by atoms with Gasteiger partial charge in [0.25, 0.3) is 5.91 Å². The second kappa shape index (κ2) is 9.82. The fraction of sp³-hybridized carbons (Fsp3) is 0.0938. The van der Waals surface area contributed by atoms with E-state index in [1.54, 1.807) is 30.3 Å². The first kappa shape index (κ1) is 23.4. The fourth-order valence-electron chi connectivity index (χ4n) is 5.05. The first-order chi connectivity index (χ1) is 18.6. The number of carbonyl (C=O) groups excluding carboxylic acids is 1. The zero-order valence-corrected chi connectivity index (χ0v) is 20.6. The minimum Gasteiger partial charge on any atom is -0.476 e. The van der Waals surface area contributed by atoms with Gasteiger partial charge >= 0.3 is 5.97 Å². The van der Waals surface area contributed by atoms with Gasteiger partial charge < -0.3 is 10.0 Å². The maximum Gasteiger partial charge on any atom is 0.357 e. The summed E-state index contributed by atoms with van der Waals surface area (Å²) in [5, 5.41) is 15.0. The Labute approximate surface area is 220 Å². The highest BCUT2D eigenvalue weighted by Gasteiger charge is 2.35. The van der Waals surface area contributed by atoms with Crippen LogP contribution in [0.4, 0.5) is 17.1 Å². The number of para-hydroxylation sites is 1. The van der Waals surface area contributed by atoms with Gasteiger partial charge in [0.05, 0.1) is 11.3 Å². The van der Waals surface area contributed by atoms with E-state index in [0.717, 1.165) is 46.9 Å². The molecule has 0 bridgehead atoms. The fourth-order valence-corrected chi connectivity index (χ4v) is 5.05. The molecular weight excluding hydrogens is 474 g/mol. The van der Waals surface area contributed by atoms with Gasteiger partial charge in [-0.15, -0.1) is 0 Å². The number of benzene rings is 4. The van der Waals surface area contributed by atoms with E-state index in [1.165, 1.54) is 11.1 Å². The molecule has 2 aliphatic rings. The Bertz CT molecular complexity index is 1580. The van der Waals surface area contributed by atoms with Crippen LogP contribution in [0, 0.1) is 0 Å². The lowest BCUT2D eigenvalue weighted by Gasteiger charge is -2.31. The van der Waals surface area contributed by atoms with E-state index in [9.17, 15) is 14.7 Å². The van der Waals surface area contributed by atoms with Crippen molar-refractivity contribution in [3.63, 3.8) is 0 Å². The van der Waals surface area contributed by atoms with Gasteiger partial charge in [-0.3, -0.25) is 4.79 Å². The summed E-state index contributed by atoms with van der Waals surface area (Å²) in [7, 11) is 0. The molecule has 186 valence electrons. The Morgan fingerprint density at radius 1 is 0.816 bits per heavy atom. The van der Waals surface area contributed by atoms with Crippen molar-refractivity contribution in [3.05, 3.63) is 120 Å². The molecule has 0 fully saturated rings. The van der Waals surface area contributed by atoms with Crippen LogP contribution >= 0.6 is 0 Å². The molecule has 6 rings (SSSR count). The summed E-state index contributed by atoms with van der Waals surface area (Å²) in [6.07, 6.45) is 3.54. The van der Waals surface area contributed by atoms with E-state index >= 15 is 0 Å². The van der Waals surface area contributed by atoms with Gasteiger partial charge in [0.2, 0.25) is 0 Å². The van der Waals surface area contributed by atoms with Crippen LogP contribution in [0.5, 0.6) is 0 Å². The lowest BCUT2D eigenvalue weighted by atomic mass is 9.96. The smallest absolute Gasteiger partial charge is 0.357 e. The molecule has 0 spiro atoms. The van der Waals surface area contributed by atoms with Crippen molar-refractivity contribution >= 4 is 40.7 Å². The highest BCUT2D eigenvalue weighted by molar-refractivity contribution is 6.53. The van der Waals surface area contributed by atoms with Crippen molar-refractivity contribution in [1.29, 1.82) is 0 Å². The Hall–Kier alpha value is -4.97.